The van der Waals surface area contributed by atoms with Gasteiger partial charge >= 0.3 is 0 Å². The van der Waals surface area contributed by atoms with Gasteiger partial charge in [0.25, 0.3) is 5.91 Å². The van der Waals surface area contributed by atoms with Gasteiger partial charge in [-0.15, -0.1) is 0 Å². The lowest BCUT2D eigenvalue weighted by Gasteiger charge is -2.12. The maximum atomic E-state index is 12.9. The maximum absolute atomic E-state index is 12.9. The molecular weight excluding hydrogens is 422 g/mol. The van der Waals surface area contributed by atoms with Crippen LogP contribution in [0.15, 0.2) is 109 Å². The van der Waals surface area contributed by atoms with E-state index in [2.05, 4.69) is 41.7 Å². The van der Waals surface area contributed by atoms with Gasteiger partial charge in [-0.3, -0.25) is 4.79 Å². The van der Waals surface area contributed by atoms with Crippen LogP contribution in [-0.4, -0.2) is 19.1 Å². The molecular formula is C30H29NO3. The van der Waals surface area contributed by atoms with Crippen molar-refractivity contribution in [2.75, 3.05) is 18.5 Å². The lowest BCUT2D eigenvalue weighted by molar-refractivity contribution is 0.102. The van der Waals surface area contributed by atoms with Crippen molar-refractivity contribution in [3.05, 3.63) is 126 Å². The molecule has 0 fully saturated rings. The Hall–Kier alpha value is -4.05. The number of benzene rings is 4. The Morgan fingerprint density at radius 1 is 0.618 bits per heavy atom. The molecule has 1 N–H and O–H groups in total. The summed E-state index contributed by atoms with van der Waals surface area (Å²) in [5.74, 6) is 1.16. The van der Waals surface area contributed by atoms with Gasteiger partial charge in [-0.2, -0.15) is 0 Å². The lowest BCUT2D eigenvalue weighted by Crippen LogP contribution is -2.14. The number of anilines is 1. The highest BCUT2D eigenvalue weighted by Crippen LogP contribution is 2.22. The Morgan fingerprint density at radius 2 is 1.24 bits per heavy atom. The highest BCUT2D eigenvalue weighted by molar-refractivity contribution is 6.06. The Labute approximate surface area is 201 Å². The Balaban J connectivity index is 1.26. The molecule has 0 heterocycles. The Kier molecular flexibility index (Phi) is 8.34. The molecule has 0 aromatic heterocycles. The van der Waals surface area contributed by atoms with Gasteiger partial charge in [0.05, 0.1) is 18.8 Å². The van der Waals surface area contributed by atoms with Crippen molar-refractivity contribution in [1.29, 1.82) is 0 Å². The summed E-state index contributed by atoms with van der Waals surface area (Å²) in [5, 5.41) is 2.95. The third-order valence-corrected chi connectivity index (χ3v) is 5.46. The zero-order valence-electron chi connectivity index (χ0n) is 19.2. The quantitative estimate of drug-likeness (QED) is 0.262. The summed E-state index contributed by atoms with van der Waals surface area (Å²) in [4.78, 5) is 12.9. The first kappa shape index (κ1) is 23.1. The second-order valence-corrected chi connectivity index (χ2v) is 8.00. The average Bonchev–Trinajstić information content (AvgIpc) is 2.89. The van der Waals surface area contributed by atoms with E-state index in [0.717, 1.165) is 25.0 Å². The fourth-order valence-electron chi connectivity index (χ4n) is 3.65. The molecule has 0 aliphatic carbocycles. The maximum Gasteiger partial charge on any atom is 0.259 e. The molecule has 0 atom stereocenters. The molecule has 0 aliphatic heterocycles. The predicted octanol–water partition coefficient (Wildman–Crippen LogP) is 6.57. The topological polar surface area (TPSA) is 47.6 Å². The number of aryl methyl sites for hydroxylation is 1. The Bertz CT molecular complexity index is 1160. The summed E-state index contributed by atoms with van der Waals surface area (Å²) in [6, 6.07) is 35.3. The van der Waals surface area contributed by atoms with Gasteiger partial charge in [0.2, 0.25) is 0 Å². The molecule has 0 saturated carbocycles. The third kappa shape index (κ3) is 6.97. The average molecular weight is 452 g/mol. The van der Waals surface area contributed by atoms with E-state index in [0.29, 0.717) is 30.2 Å². The van der Waals surface area contributed by atoms with E-state index in [4.69, 9.17) is 9.47 Å². The van der Waals surface area contributed by atoms with Gasteiger partial charge in [0.15, 0.2) is 0 Å². The van der Waals surface area contributed by atoms with E-state index in [-0.39, 0.29) is 5.91 Å². The molecule has 4 aromatic carbocycles. The van der Waals surface area contributed by atoms with Gasteiger partial charge in [-0.25, -0.2) is 0 Å². The van der Waals surface area contributed by atoms with E-state index >= 15 is 0 Å². The standard InChI is InChI=1S/C30H29NO3/c32-30(28-15-7-8-16-29(28)34-23-21-25-12-5-2-6-13-25)31-26-17-19-27(20-18-26)33-22-9-14-24-10-3-1-4-11-24/h1-8,10-13,15-20H,9,14,21-23H2,(H,31,32). The normalized spacial score (nSPS) is 10.5. The van der Waals surface area contributed by atoms with E-state index in [1.165, 1.54) is 11.1 Å². The minimum atomic E-state index is -0.202. The minimum Gasteiger partial charge on any atom is -0.494 e. The molecule has 0 saturated heterocycles. The number of hydrogen-bond acceptors (Lipinski definition) is 3. The zero-order valence-corrected chi connectivity index (χ0v) is 19.2. The molecule has 0 aliphatic rings. The molecule has 4 rings (SSSR count). The fourth-order valence-corrected chi connectivity index (χ4v) is 3.65. The number of amides is 1. The van der Waals surface area contributed by atoms with Crippen LogP contribution in [0.3, 0.4) is 0 Å². The molecule has 0 bridgehead atoms. The first-order valence-corrected chi connectivity index (χ1v) is 11.6. The number of nitrogens with one attached hydrogen (secondary N) is 1. The van der Waals surface area contributed by atoms with E-state index < -0.39 is 0 Å². The van der Waals surface area contributed by atoms with Crippen molar-refractivity contribution in [3.8, 4) is 11.5 Å². The molecule has 4 nitrogen and oxygen atoms in total. The lowest BCUT2D eigenvalue weighted by atomic mass is 10.1. The smallest absolute Gasteiger partial charge is 0.259 e. The number of rotatable bonds is 11. The molecule has 1 amide bonds. The highest BCUT2D eigenvalue weighted by atomic mass is 16.5. The molecule has 4 aromatic rings. The van der Waals surface area contributed by atoms with Crippen molar-refractivity contribution >= 4 is 11.6 Å². The SMILES string of the molecule is O=C(Nc1ccc(OCCCc2ccccc2)cc1)c1ccccc1OCCc1ccccc1. The minimum absolute atomic E-state index is 0.202. The van der Waals surface area contributed by atoms with Crippen LogP contribution in [0.2, 0.25) is 0 Å². The number of para-hydroxylation sites is 1. The fraction of sp³-hybridized carbons (Fsp3) is 0.167. The van der Waals surface area contributed by atoms with Crippen molar-refractivity contribution in [2.45, 2.75) is 19.3 Å². The van der Waals surface area contributed by atoms with Crippen molar-refractivity contribution in [1.82, 2.24) is 0 Å². The van der Waals surface area contributed by atoms with Crippen LogP contribution in [0.25, 0.3) is 0 Å². The summed E-state index contributed by atoms with van der Waals surface area (Å²) in [6.45, 7) is 1.15. The number of ether oxygens (including phenoxy) is 2. The van der Waals surface area contributed by atoms with E-state index in [9.17, 15) is 4.79 Å². The van der Waals surface area contributed by atoms with Crippen molar-refractivity contribution in [3.63, 3.8) is 0 Å². The van der Waals surface area contributed by atoms with Crippen LogP contribution in [0, 0.1) is 0 Å². The first-order valence-electron chi connectivity index (χ1n) is 11.6. The predicted molar refractivity (Wildman–Crippen MR) is 137 cm³/mol. The van der Waals surface area contributed by atoms with E-state index in [1.54, 1.807) is 6.07 Å². The summed E-state index contributed by atoms with van der Waals surface area (Å²) in [5.41, 5.74) is 3.73. The third-order valence-electron chi connectivity index (χ3n) is 5.46. The molecule has 0 unspecified atom stereocenters. The van der Waals surface area contributed by atoms with Gasteiger partial charge in [-0.1, -0.05) is 72.8 Å². The monoisotopic (exact) mass is 451 g/mol. The summed E-state index contributed by atoms with van der Waals surface area (Å²) in [7, 11) is 0. The van der Waals surface area contributed by atoms with Crippen LogP contribution in [0.4, 0.5) is 5.69 Å². The van der Waals surface area contributed by atoms with Gasteiger partial charge in [0.1, 0.15) is 11.5 Å². The molecule has 34 heavy (non-hydrogen) atoms. The molecule has 4 heteroatoms. The molecule has 0 spiro atoms. The van der Waals surface area contributed by atoms with Gasteiger partial charge < -0.3 is 14.8 Å². The Morgan fingerprint density at radius 3 is 1.94 bits per heavy atom. The van der Waals surface area contributed by atoms with Crippen LogP contribution in [0.1, 0.15) is 27.9 Å². The second kappa shape index (κ2) is 12.3. The van der Waals surface area contributed by atoms with Crippen LogP contribution in [-0.2, 0) is 12.8 Å². The van der Waals surface area contributed by atoms with Gasteiger partial charge in [-0.05, 0) is 60.4 Å². The largest absolute Gasteiger partial charge is 0.494 e. The van der Waals surface area contributed by atoms with Crippen LogP contribution < -0.4 is 14.8 Å². The summed E-state index contributed by atoms with van der Waals surface area (Å²) >= 11 is 0. The van der Waals surface area contributed by atoms with Gasteiger partial charge in [0, 0.05) is 12.1 Å². The van der Waals surface area contributed by atoms with Crippen LogP contribution >= 0.6 is 0 Å². The zero-order chi connectivity index (χ0) is 23.4. The molecule has 172 valence electrons. The number of carbonyl (C=O) groups excluding carboxylic acids is 1. The van der Waals surface area contributed by atoms with Crippen molar-refractivity contribution in [2.24, 2.45) is 0 Å². The second-order valence-electron chi connectivity index (χ2n) is 8.00. The highest BCUT2D eigenvalue weighted by Gasteiger charge is 2.12. The van der Waals surface area contributed by atoms with Crippen LogP contribution in [0.5, 0.6) is 11.5 Å². The molecule has 0 radical (unpaired) electrons. The first-order chi connectivity index (χ1) is 16.8. The number of carbonyl (C=O) groups is 1. The van der Waals surface area contributed by atoms with Crippen molar-refractivity contribution < 1.29 is 14.3 Å². The number of hydrogen-bond donors (Lipinski definition) is 1. The summed E-state index contributed by atoms with van der Waals surface area (Å²) in [6.07, 6.45) is 2.72. The van der Waals surface area contributed by atoms with E-state index in [1.807, 2.05) is 66.7 Å². The summed E-state index contributed by atoms with van der Waals surface area (Å²) < 4.78 is 11.8.